The summed E-state index contributed by atoms with van der Waals surface area (Å²) in [6.45, 7) is 4.49. The second kappa shape index (κ2) is 11.4. The molecule has 0 heterocycles. The van der Waals surface area contributed by atoms with E-state index in [1.807, 2.05) is 30.3 Å². The Labute approximate surface area is 190 Å². The van der Waals surface area contributed by atoms with Crippen molar-refractivity contribution in [2.45, 2.75) is 46.0 Å². The molecule has 0 saturated carbocycles. The summed E-state index contributed by atoms with van der Waals surface area (Å²) in [5.41, 5.74) is 2.34. The summed E-state index contributed by atoms with van der Waals surface area (Å²) >= 11 is 0. The van der Waals surface area contributed by atoms with Gasteiger partial charge in [-0.2, -0.15) is 0 Å². The Kier molecular flexibility index (Phi) is 8.37. The van der Waals surface area contributed by atoms with Crippen LogP contribution in [0.4, 0.5) is 0 Å². The zero-order valence-electron chi connectivity index (χ0n) is 19.4. The molecule has 3 rings (SSSR count). The summed E-state index contributed by atoms with van der Waals surface area (Å²) in [6.07, 6.45) is 4.18. The quantitative estimate of drug-likeness (QED) is 0.200. The lowest BCUT2D eigenvalue weighted by atomic mass is 9.99. The van der Waals surface area contributed by atoms with E-state index < -0.39 is 0 Å². The minimum atomic E-state index is -0.336. The van der Waals surface area contributed by atoms with Crippen LogP contribution in [0.5, 0.6) is 23.0 Å². The normalized spacial score (nSPS) is 10.8. The fraction of sp³-hybridized carbons (Fsp3) is 0.370. The lowest BCUT2D eigenvalue weighted by molar-refractivity contribution is -0.134. The molecule has 0 atom stereocenters. The van der Waals surface area contributed by atoms with Crippen LogP contribution in [-0.4, -0.2) is 26.8 Å². The van der Waals surface area contributed by atoms with E-state index in [9.17, 15) is 4.79 Å². The number of esters is 1. The van der Waals surface area contributed by atoms with Crippen LogP contribution >= 0.6 is 0 Å². The van der Waals surface area contributed by atoms with E-state index in [0.29, 0.717) is 29.6 Å². The van der Waals surface area contributed by atoms with Gasteiger partial charge in [0, 0.05) is 17.2 Å². The van der Waals surface area contributed by atoms with Gasteiger partial charge < -0.3 is 18.9 Å². The van der Waals surface area contributed by atoms with Gasteiger partial charge in [-0.25, -0.2) is 0 Å². The molecule has 0 bridgehead atoms. The monoisotopic (exact) mass is 436 g/mol. The Morgan fingerprint density at radius 1 is 0.781 bits per heavy atom. The van der Waals surface area contributed by atoms with Gasteiger partial charge >= 0.3 is 5.97 Å². The fourth-order valence-electron chi connectivity index (χ4n) is 3.70. The topological polar surface area (TPSA) is 54.0 Å². The van der Waals surface area contributed by atoms with E-state index in [-0.39, 0.29) is 12.4 Å². The standard InChI is InChI=1S/C27H32O5/c1-5-7-11-16-31-24-22-18-20(17-19-12-9-8-10-13-19)14-15-21(22)25(32-23(28)6-2)27(30-4)26(24)29-3/h8-10,12-15,18H,5-7,11,16-17H2,1-4H3. The number of fused-ring (bicyclic) bond motifs is 1. The molecule has 3 aromatic carbocycles. The number of ether oxygens (including phenoxy) is 4. The number of methoxy groups -OCH3 is 2. The van der Waals surface area contributed by atoms with E-state index in [1.165, 1.54) is 12.7 Å². The summed E-state index contributed by atoms with van der Waals surface area (Å²) in [5.74, 6) is 1.44. The highest BCUT2D eigenvalue weighted by molar-refractivity contribution is 6.00. The van der Waals surface area contributed by atoms with Crippen molar-refractivity contribution in [3.63, 3.8) is 0 Å². The molecule has 0 fully saturated rings. The Bertz CT molecular complexity index is 1040. The lowest BCUT2D eigenvalue weighted by Crippen LogP contribution is -2.09. The van der Waals surface area contributed by atoms with Crippen LogP contribution in [0.3, 0.4) is 0 Å². The molecular formula is C27H32O5. The molecule has 32 heavy (non-hydrogen) atoms. The second-order valence-corrected chi connectivity index (χ2v) is 7.65. The number of hydrogen-bond donors (Lipinski definition) is 0. The Morgan fingerprint density at radius 3 is 2.16 bits per heavy atom. The highest BCUT2D eigenvalue weighted by Crippen LogP contribution is 2.51. The van der Waals surface area contributed by atoms with Crippen LogP contribution in [0.15, 0.2) is 48.5 Å². The molecule has 5 heteroatoms. The molecular weight excluding hydrogens is 404 g/mol. The molecule has 0 aliphatic rings. The molecule has 170 valence electrons. The van der Waals surface area contributed by atoms with E-state index in [4.69, 9.17) is 18.9 Å². The van der Waals surface area contributed by atoms with Gasteiger partial charge in [-0.15, -0.1) is 0 Å². The van der Waals surface area contributed by atoms with Crippen molar-refractivity contribution in [1.29, 1.82) is 0 Å². The number of unbranched alkanes of at least 4 members (excludes halogenated alkanes) is 2. The molecule has 0 radical (unpaired) electrons. The fourth-order valence-corrected chi connectivity index (χ4v) is 3.70. The van der Waals surface area contributed by atoms with Gasteiger partial charge in [0.05, 0.1) is 20.8 Å². The smallest absolute Gasteiger partial charge is 0.311 e. The summed E-state index contributed by atoms with van der Waals surface area (Å²) < 4.78 is 23.3. The Balaban J connectivity index is 2.16. The third-order valence-corrected chi connectivity index (χ3v) is 5.35. The predicted octanol–water partition coefficient (Wildman–Crippen LogP) is 6.33. The maximum absolute atomic E-state index is 12.2. The molecule has 3 aromatic rings. The van der Waals surface area contributed by atoms with E-state index >= 15 is 0 Å². The van der Waals surface area contributed by atoms with Crippen molar-refractivity contribution in [3.8, 4) is 23.0 Å². The predicted molar refractivity (Wildman–Crippen MR) is 127 cm³/mol. The maximum atomic E-state index is 12.2. The van der Waals surface area contributed by atoms with Gasteiger partial charge in [0.15, 0.2) is 11.5 Å². The molecule has 0 unspecified atom stereocenters. The molecule has 0 spiro atoms. The maximum Gasteiger partial charge on any atom is 0.311 e. The minimum Gasteiger partial charge on any atom is -0.490 e. The van der Waals surface area contributed by atoms with E-state index in [0.717, 1.165) is 42.0 Å². The van der Waals surface area contributed by atoms with Crippen LogP contribution in [0.1, 0.15) is 50.7 Å². The summed E-state index contributed by atoms with van der Waals surface area (Å²) in [4.78, 5) is 12.2. The molecule has 0 amide bonds. The first-order valence-electron chi connectivity index (χ1n) is 11.2. The number of benzene rings is 3. The third kappa shape index (κ3) is 5.34. The van der Waals surface area contributed by atoms with Crippen LogP contribution in [0.25, 0.3) is 10.8 Å². The summed E-state index contributed by atoms with van der Waals surface area (Å²) in [5, 5.41) is 1.60. The van der Waals surface area contributed by atoms with Crippen molar-refractivity contribution in [2.24, 2.45) is 0 Å². The van der Waals surface area contributed by atoms with Gasteiger partial charge in [0.2, 0.25) is 11.5 Å². The molecule has 5 nitrogen and oxygen atoms in total. The van der Waals surface area contributed by atoms with Crippen molar-refractivity contribution in [3.05, 3.63) is 59.7 Å². The van der Waals surface area contributed by atoms with Crippen molar-refractivity contribution >= 4 is 16.7 Å². The van der Waals surface area contributed by atoms with Crippen LogP contribution in [-0.2, 0) is 11.2 Å². The zero-order valence-corrected chi connectivity index (χ0v) is 19.4. The SMILES string of the molecule is CCCCCOc1c(OC)c(OC)c(OC(=O)CC)c2ccc(Cc3ccccc3)cc12. The number of carbonyl (C=O) groups is 1. The molecule has 0 aromatic heterocycles. The second-order valence-electron chi connectivity index (χ2n) is 7.65. The highest BCUT2D eigenvalue weighted by atomic mass is 16.6. The Morgan fingerprint density at radius 2 is 1.50 bits per heavy atom. The molecule has 0 saturated heterocycles. The van der Waals surface area contributed by atoms with Crippen molar-refractivity contribution in [1.82, 2.24) is 0 Å². The number of rotatable bonds is 11. The van der Waals surface area contributed by atoms with Crippen molar-refractivity contribution < 1.29 is 23.7 Å². The van der Waals surface area contributed by atoms with Crippen LogP contribution < -0.4 is 18.9 Å². The van der Waals surface area contributed by atoms with E-state index in [1.54, 1.807) is 14.0 Å². The van der Waals surface area contributed by atoms with Gasteiger partial charge in [-0.05, 0) is 30.0 Å². The number of hydrogen-bond acceptors (Lipinski definition) is 5. The number of carbonyl (C=O) groups excluding carboxylic acids is 1. The minimum absolute atomic E-state index is 0.258. The molecule has 0 N–H and O–H groups in total. The average Bonchev–Trinajstić information content (AvgIpc) is 2.82. The van der Waals surface area contributed by atoms with Crippen molar-refractivity contribution in [2.75, 3.05) is 20.8 Å². The Hall–Kier alpha value is -3.21. The summed E-state index contributed by atoms with van der Waals surface area (Å²) in [7, 11) is 3.11. The molecule has 0 aliphatic carbocycles. The third-order valence-electron chi connectivity index (χ3n) is 5.35. The average molecular weight is 437 g/mol. The zero-order chi connectivity index (χ0) is 22.9. The lowest BCUT2D eigenvalue weighted by Gasteiger charge is -2.20. The van der Waals surface area contributed by atoms with Crippen LogP contribution in [0, 0.1) is 0 Å². The molecule has 0 aliphatic heterocycles. The van der Waals surface area contributed by atoms with Gasteiger partial charge in [0.1, 0.15) is 0 Å². The highest BCUT2D eigenvalue weighted by Gasteiger charge is 2.25. The first-order valence-corrected chi connectivity index (χ1v) is 11.2. The van der Waals surface area contributed by atoms with E-state index in [2.05, 4.69) is 25.1 Å². The first kappa shape index (κ1) is 23.5. The van der Waals surface area contributed by atoms with Crippen LogP contribution in [0.2, 0.25) is 0 Å². The van der Waals surface area contributed by atoms with Gasteiger partial charge in [0.25, 0.3) is 0 Å². The van der Waals surface area contributed by atoms with Gasteiger partial charge in [-0.1, -0.05) is 69.2 Å². The first-order chi connectivity index (χ1) is 15.6. The van der Waals surface area contributed by atoms with Gasteiger partial charge in [-0.3, -0.25) is 4.79 Å². The largest absolute Gasteiger partial charge is 0.490 e. The summed E-state index contributed by atoms with van der Waals surface area (Å²) in [6, 6.07) is 16.4.